The molecule has 184 valence electrons. The molecule has 1 amide bonds. The first-order chi connectivity index (χ1) is 16.9. The second kappa shape index (κ2) is 11.1. The van der Waals surface area contributed by atoms with Crippen LogP contribution in [0, 0.1) is 6.92 Å². The summed E-state index contributed by atoms with van der Waals surface area (Å²) in [6.45, 7) is 4.04. The lowest BCUT2D eigenvalue weighted by Gasteiger charge is -2.28. The van der Waals surface area contributed by atoms with Crippen LogP contribution in [0.25, 0.3) is 0 Å². The first-order valence-electron chi connectivity index (χ1n) is 12.0. The molecule has 0 bridgehead atoms. The maximum atomic E-state index is 13.7. The highest BCUT2D eigenvalue weighted by molar-refractivity contribution is 7.89. The van der Waals surface area contributed by atoms with Crippen molar-refractivity contribution in [3.05, 3.63) is 95.1 Å². The minimum absolute atomic E-state index is 0.101. The molecule has 6 nitrogen and oxygen atoms in total. The predicted molar refractivity (Wildman–Crippen MR) is 137 cm³/mol. The van der Waals surface area contributed by atoms with Crippen LogP contribution in [0.2, 0.25) is 0 Å². The molecule has 0 aliphatic heterocycles. The summed E-state index contributed by atoms with van der Waals surface area (Å²) in [4.78, 5) is 13.3. The van der Waals surface area contributed by atoms with E-state index in [0.717, 1.165) is 36.0 Å². The molecule has 0 saturated heterocycles. The number of benzene rings is 3. The van der Waals surface area contributed by atoms with Gasteiger partial charge in [0.15, 0.2) is 0 Å². The standard InChI is InChI=1S/C28H32N2O4S/c1-3-34-27-17-16-24(18-21(27)2)35(32,33)30(19-22-10-5-4-6-11-22)20-28(31)29-26-15-9-13-23-12-7-8-14-25(23)26/h4-8,10-12,14,16-18,26H,3,9,13,15,19-20H2,1-2H3,(H,29,31). The number of fused-ring (bicyclic) bond motifs is 1. The molecule has 1 atom stereocenters. The van der Waals surface area contributed by atoms with E-state index in [9.17, 15) is 13.2 Å². The third kappa shape index (κ3) is 5.92. The second-order valence-corrected chi connectivity index (χ2v) is 10.8. The van der Waals surface area contributed by atoms with Crippen molar-refractivity contribution in [1.29, 1.82) is 0 Å². The fourth-order valence-electron chi connectivity index (χ4n) is 4.57. The Balaban J connectivity index is 1.58. The monoisotopic (exact) mass is 492 g/mol. The van der Waals surface area contributed by atoms with Crippen LogP contribution in [-0.4, -0.2) is 31.8 Å². The molecule has 0 fully saturated rings. The van der Waals surface area contributed by atoms with Crippen LogP contribution in [-0.2, 0) is 27.8 Å². The van der Waals surface area contributed by atoms with Crippen LogP contribution >= 0.6 is 0 Å². The van der Waals surface area contributed by atoms with Gasteiger partial charge in [0.05, 0.1) is 24.1 Å². The second-order valence-electron chi connectivity index (χ2n) is 8.83. The number of hydrogen-bond acceptors (Lipinski definition) is 4. The molecule has 0 radical (unpaired) electrons. The molecule has 35 heavy (non-hydrogen) atoms. The van der Waals surface area contributed by atoms with Crippen LogP contribution in [0.3, 0.4) is 0 Å². The summed E-state index contributed by atoms with van der Waals surface area (Å²) in [5.74, 6) is 0.337. The van der Waals surface area contributed by atoms with Gasteiger partial charge >= 0.3 is 0 Å². The average molecular weight is 493 g/mol. The minimum Gasteiger partial charge on any atom is -0.494 e. The maximum absolute atomic E-state index is 13.7. The van der Waals surface area contributed by atoms with Gasteiger partial charge in [-0.15, -0.1) is 0 Å². The van der Waals surface area contributed by atoms with Crippen LogP contribution in [0.5, 0.6) is 5.75 Å². The molecule has 1 aliphatic rings. The number of rotatable bonds is 9. The Morgan fingerprint density at radius 3 is 2.54 bits per heavy atom. The molecule has 4 rings (SSSR count). The number of ether oxygens (including phenoxy) is 1. The van der Waals surface area contributed by atoms with Crippen LogP contribution in [0.1, 0.15) is 48.1 Å². The highest BCUT2D eigenvalue weighted by atomic mass is 32.2. The highest BCUT2D eigenvalue weighted by Gasteiger charge is 2.29. The predicted octanol–water partition coefficient (Wildman–Crippen LogP) is 4.78. The van der Waals surface area contributed by atoms with E-state index >= 15 is 0 Å². The minimum atomic E-state index is -3.93. The molecule has 0 aromatic heterocycles. The summed E-state index contributed by atoms with van der Waals surface area (Å²) in [5, 5.41) is 3.09. The van der Waals surface area contributed by atoms with E-state index in [1.807, 2.05) is 62.4 Å². The Labute approximate surface area is 208 Å². The van der Waals surface area contributed by atoms with Crippen molar-refractivity contribution in [3.63, 3.8) is 0 Å². The third-order valence-electron chi connectivity index (χ3n) is 6.31. The van der Waals surface area contributed by atoms with Gasteiger partial charge in [-0.3, -0.25) is 4.79 Å². The van der Waals surface area contributed by atoms with Crippen molar-refractivity contribution in [2.24, 2.45) is 0 Å². The fourth-order valence-corrected chi connectivity index (χ4v) is 6.04. The van der Waals surface area contributed by atoms with Gasteiger partial charge in [0.1, 0.15) is 5.75 Å². The average Bonchev–Trinajstić information content (AvgIpc) is 2.86. The van der Waals surface area contributed by atoms with Crippen LogP contribution < -0.4 is 10.1 Å². The number of carbonyl (C=O) groups excluding carboxylic acids is 1. The molecule has 1 unspecified atom stereocenters. The van der Waals surface area contributed by atoms with Crippen LogP contribution in [0.4, 0.5) is 0 Å². The smallest absolute Gasteiger partial charge is 0.243 e. The van der Waals surface area contributed by atoms with Gasteiger partial charge in [0.2, 0.25) is 15.9 Å². The summed E-state index contributed by atoms with van der Waals surface area (Å²) < 4.78 is 34.2. The van der Waals surface area contributed by atoms with E-state index < -0.39 is 10.0 Å². The van der Waals surface area contributed by atoms with Crippen molar-refractivity contribution in [3.8, 4) is 5.75 Å². The van der Waals surface area contributed by atoms with Gasteiger partial charge < -0.3 is 10.1 Å². The summed E-state index contributed by atoms with van der Waals surface area (Å²) in [6.07, 6.45) is 2.82. The summed E-state index contributed by atoms with van der Waals surface area (Å²) >= 11 is 0. The SMILES string of the molecule is CCOc1ccc(S(=O)(=O)N(CC(=O)NC2CCCc3ccccc32)Cc2ccccc2)cc1C. The number of nitrogens with zero attached hydrogens (tertiary/aromatic N) is 1. The van der Waals surface area contributed by atoms with E-state index in [1.54, 1.807) is 18.2 Å². The van der Waals surface area contributed by atoms with Crippen LogP contribution in [0.15, 0.2) is 77.7 Å². The van der Waals surface area contributed by atoms with Gasteiger partial charge in [-0.05, 0) is 73.6 Å². The first kappa shape index (κ1) is 24.9. The van der Waals surface area contributed by atoms with Gasteiger partial charge in [0.25, 0.3) is 0 Å². The third-order valence-corrected chi connectivity index (χ3v) is 8.10. The van der Waals surface area contributed by atoms with E-state index in [0.29, 0.717) is 12.4 Å². The summed E-state index contributed by atoms with van der Waals surface area (Å²) in [7, 11) is -3.93. The Morgan fingerprint density at radius 1 is 1.06 bits per heavy atom. The number of hydrogen-bond donors (Lipinski definition) is 1. The topological polar surface area (TPSA) is 75.7 Å². The largest absolute Gasteiger partial charge is 0.494 e. The maximum Gasteiger partial charge on any atom is 0.243 e. The normalized spacial score (nSPS) is 15.5. The number of amides is 1. The molecule has 0 spiro atoms. The van der Waals surface area contributed by atoms with Crippen molar-refractivity contribution < 1.29 is 17.9 Å². The number of sulfonamides is 1. The molecule has 0 heterocycles. The lowest BCUT2D eigenvalue weighted by atomic mass is 9.88. The Bertz CT molecular complexity index is 1280. The first-order valence-corrected chi connectivity index (χ1v) is 13.5. The number of carbonyl (C=O) groups is 1. The molecule has 3 aromatic rings. The zero-order chi connectivity index (χ0) is 24.8. The molecular weight excluding hydrogens is 460 g/mol. The lowest BCUT2D eigenvalue weighted by molar-refractivity contribution is -0.122. The molecular formula is C28H32N2O4S. The van der Waals surface area contributed by atoms with Gasteiger partial charge in [0, 0.05) is 6.54 Å². The highest BCUT2D eigenvalue weighted by Crippen LogP contribution is 2.30. The summed E-state index contributed by atoms with van der Waals surface area (Å²) in [5.41, 5.74) is 3.90. The van der Waals surface area contributed by atoms with Gasteiger partial charge in [-0.25, -0.2) is 8.42 Å². The Hall–Kier alpha value is -3.16. The number of aryl methyl sites for hydroxylation is 2. The van der Waals surface area contributed by atoms with Gasteiger partial charge in [-0.2, -0.15) is 4.31 Å². The zero-order valence-electron chi connectivity index (χ0n) is 20.2. The fraction of sp³-hybridized carbons (Fsp3) is 0.321. The van der Waals surface area contributed by atoms with Crippen molar-refractivity contribution in [1.82, 2.24) is 9.62 Å². The van der Waals surface area contributed by atoms with E-state index in [4.69, 9.17) is 4.74 Å². The van der Waals surface area contributed by atoms with E-state index in [1.165, 1.54) is 9.87 Å². The lowest BCUT2D eigenvalue weighted by Crippen LogP contribution is -2.42. The quantitative estimate of drug-likeness (QED) is 0.467. The van der Waals surface area contributed by atoms with Crippen molar-refractivity contribution >= 4 is 15.9 Å². The Kier molecular flexibility index (Phi) is 7.88. The number of nitrogens with one attached hydrogen (secondary N) is 1. The summed E-state index contributed by atoms with van der Waals surface area (Å²) in [6, 6.07) is 22.2. The van der Waals surface area contributed by atoms with E-state index in [-0.39, 0.29) is 29.9 Å². The Morgan fingerprint density at radius 2 is 1.80 bits per heavy atom. The molecule has 7 heteroatoms. The van der Waals surface area contributed by atoms with E-state index in [2.05, 4.69) is 11.4 Å². The molecule has 3 aromatic carbocycles. The zero-order valence-corrected chi connectivity index (χ0v) is 21.1. The van der Waals surface area contributed by atoms with Crippen molar-refractivity contribution in [2.75, 3.05) is 13.2 Å². The van der Waals surface area contributed by atoms with Crippen molar-refractivity contribution in [2.45, 2.75) is 50.6 Å². The van der Waals surface area contributed by atoms with Gasteiger partial charge in [-0.1, -0.05) is 54.6 Å². The molecule has 0 saturated carbocycles. The molecule has 1 N–H and O–H groups in total. The molecule has 1 aliphatic carbocycles.